The van der Waals surface area contributed by atoms with Gasteiger partial charge in [-0.25, -0.2) is 4.39 Å². The van der Waals surface area contributed by atoms with Gasteiger partial charge in [-0.1, -0.05) is 6.07 Å². The number of rotatable bonds is 5. The van der Waals surface area contributed by atoms with Crippen molar-refractivity contribution < 1.29 is 4.39 Å². The van der Waals surface area contributed by atoms with Gasteiger partial charge in [0, 0.05) is 19.6 Å². The van der Waals surface area contributed by atoms with Gasteiger partial charge in [0.1, 0.15) is 5.82 Å². The Morgan fingerprint density at radius 3 is 2.72 bits per heavy atom. The molecule has 0 amide bonds. The molecule has 1 heterocycles. The molecule has 0 bridgehead atoms. The van der Waals surface area contributed by atoms with Gasteiger partial charge in [0.2, 0.25) is 0 Å². The number of benzene rings is 1. The molecule has 0 spiro atoms. The van der Waals surface area contributed by atoms with E-state index in [1.54, 1.807) is 11.3 Å². The molecule has 2 aromatic rings. The van der Waals surface area contributed by atoms with Crippen LogP contribution in [0.15, 0.2) is 35.0 Å². The summed E-state index contributed by atoms with van der Waals surface area (Å²) in [5, 5.41) is 4.22. The predicted molar refractivity (Wildman–Crippen MR) is 73.8 cm³/mol. The molecule has 0 aliphatic rings. The van der Waals surface area contributed by atoms with Crippen LogP contribution in [0.2, 0.25) is 0 Å². The molecule has 2 nitrogen and oxygen atoms in total. The second-order valence-electron chi connectivity index (χ2n) is 4.42. The topological polar surface area (TPSA) is 29.3 Å². The molecule has 0 saturated heterocycles. The fourth-order valence-electron chi connectivity index (χ4n) is 1.98. The summed E-state index contributed by atoms with van der Waals surface area (Å²) in [7, 11) is 2.06. The Labute approximate surface area is 111 Å². The molecule has 0 atom stereocenters. The highest BCUT2D eigenvalue weighted by atomic mass is 32.1. The highest BCUT2D eigenvalue weighted by Crippen LogP contribution is 2.15. The van der Waals surface area contributed by atoms with E-state index in [0.29, 0.717) is 6.54 Å². The molecule has 2 rings (SSSR count). The van der Waals surface area contributed by atoms with E-state index in [1.807, 2.05) is 6.07 Å². The summed E-state index contributed by atoms with van der Waals surface area (Å²) >= 11 is 1.70. The summed E-state index contributed by atoms with van der Waals surface area (Å²) in [6, 6.07) is 6.96. The standard InChI is InChI=1S/C14H17FN2S/c1-17(8-11-4-5-18-10-11)9-12-2-3-14(15)6-13(12)7-16/h2-6,10H,7-9,16H2,1H3. The number of nitrogens with two attached hydrogens (primary N) is 1. The van der Waals surface area contributed by atoms with Gasteiger partial charge >= 0.3 is 0 Å². The lowest BCUT2D eigenvalue weighted by Crippen LogP contribution is -2.18. The van der Waals surface area contributed by atoms with Gasteiger partial charge in [0.05, 0.1) is 0 Å². The molecular weight excluding hydrogens is 247 g/mol. The SMILES string of the molecule is CN(Cc1ccsc1)Cc1ccc(F)cc1CN. The van der Waals surface area contributed by atoms with Crippen molar-refractivity contribution in [3.05, 3.63) is 57.5 Å². The van der Waals surface area contributed by atoms with E-state index in [2.05, 4.69) is 28.8 Å². The van der Waals surface area contributed by atoms with Crippen molar-refractivity contribution in [1.29, 1.82) is 0 Å². The summed E-state index contributed by atoms with van der Waals surface area (Å²) < 4.78 is 13.1. The van der Waals surface area contributed by atoms with Crippen molar-refractivity contribution in [3.8, 4) is 0 Å². The van der Waals surface area contributed by atoms with Gasteiger partial charge in [-0.05, 0) is 52.7 Å². The van der Waals surface area contributed by atoms with E-state index in [1.165, 1.54) is 17.7 Å². The lowest BCUT2D eigenvalue weighted by atomic mass is 10.1. The van der Waals surface area contributed by atoms with E-state index in [0.717, 1.165) is 24.2 Å². The number of thiophene rings is 1. The molecular formula is C14H17FN2S. The van der Waals surface area contributed by atoms with E-state index in [4.69, 9.17) is 5.73 Å². The van der Waals surface area contributed by atoms with Crippen LogP contribution in [0.4, 0.5) is 4.39 Å². The van der Waals surface area contributed by atoms with Crippen molar-refractivity contribution in [1.82, 2.24) is 4.90 Å². The van der Waals surface area contributed by atoms with Crippen molar-refractivity contribution >= 4 is 11.3 Å². The maximum atomic E-state index is 13.1. The number of hydrogen-bond acceptors (Lipinski definition) is 3. The maximum absolute atomic E-state index is 13.1. The van der Waals surface area contributed by atoms with Crippen molar-refractivity contribution in [2.75, 3.05) is 7.05 Å². The van der Waals surface area contributed by atoms with Gasteiger partial charge in [-0.2, -0.15) is 11.3 Å². The first-order valence-electron chi connectivity index (χ1n) is 5.86. The van der Waals surface area contributed by atoms with E-state index >= 15 is 0 Å². The number of nitrogens with zero attached hydrogens (tertiary/aromatic N) is 1. The van der Waals surface area contributed by atoms with Crippen molar-refractivity contribution in [2.45, 2.75) is 19.6 Å². The maximum Gasteiger partial charge on any atom is 0.123 e. The van der Waals surface area contributed by atoms with Crippen molar-refractivity contribution in [3.63, 3.8) is 0 Å². The van der Waals surface area contributed by atoms with Crippen LogP contribution < -0.4 is 5.73 Å². The minimum absolute atomic E-state index is 0.223. The Morgan fingerprint density at radius 1 is 1.22 bits per heavy atom. The van der Waals surface area contributed by atoms with Crippen LogP contribution in [0.5, 0.6) is 0 Å². The third kappa shape index (κ3) is 3.38. The van der Waals surface area contributed by atoms with Gasteiger partial charge in [-0.15, -0.1) is 0 Å². The quantitative estimate of drug-likeness (QED) is 0.899. The molecule has 4 heteroatoms. The third-order valence-corrected chi connectivity index (χ3v) is 3.59. The molecule has 0 radical (unpaired) electrons. The van der Waals surface area contributed by atoms with Crippen LogP contribution in [0.25, 0.3) is 0 Å². The summed E-state index contributed by atoms with van der Waals surface area (Å²) in [6.07, 6.45) is 0. The third-order valence-electron chi connectivity index (χ3n) is 2.86. The monoisotopic (exact) mass is 264 g/mol. The Bertz CT molecular complexity index is 497. The molecule has 0 fully saturated rings. The lowest BCUT2D eigenvalue weighted by molar-refractivity contribution is 0.318. The normalized spacial score (nSPS) is 11.1. The molecule has 0 aliphatic heterocycles. The first kappa shape index (κ1) is 13.2. The average Bonchev–Trinajstić information content (AvgIpc) is 2.84. The summed E-state index contributed by atoms with van der Waals surface area (Å²) in [6.45, 7) is 2.05. The van der Waals surface area contributed by atoms with E-state index in [9.17, 15) is 4.39 Å². The zero-order chi connectivity index (χ0) is 13.0. The van der Waals surface area contributed by atoms with Crippen molar-refractivity contribution in [2.24, 2.45) is 5.73 Å². The first-order chi connectivity index (χ1) is 8.69. The van der Waals surface area contributed by atoms with Crippen LogP contribution in [-0.4, -0.2) is 11.9 Å². The van der Waals surface area contributed by atoms with Gasteiger partial charge in [0.15, 0.2) is 0 Å². The second-order valence-corrected chi connectivity index (χ2v) is 5.20. The Morgan fingerprint density at radius 2 is 2.06 bits per heavy atom. The van der Waals surface area contributed by atoms with Crippen LogP contribution in [-0.2, 0) is 19.6 Å². The zero-order valence-corrected chi connectivity index (χ0v) is 11.2. The largest absolute Gasteiger partial charge is 0.326 e. The first-order valence-corrected chi connectivity index (χ1v) is 6.80. The molecule has 96 valence electrons. The minimum Gasteiger partial charge on any atom is -0.326 e. The fraction of sp³-hybridized carbons (Fsp3) is 0.286. The average molecular weight is 264 g/mol. The van der Waals surface area contributed by atoms with Gasteiger partial charge in [-0.3, -0.25) is 4.90 Å². The molecule has 0 aliphatic carbocycles. The Kier molecular flexibility index (Phi) is 4.47. The van der Waals surface area contributed by atoms with E-state index < -0.39 is 0 Å². The van der Waals surface area contributed by atoms with Gasteiger partial charge < -0.3 is 5.73 Å². The second kappa shape index (κ2) is 6.09. The molecule has 0 unspecified atom stereocenters. The van der Waals surface area contributed by atoms with E-state index in [-0.39, 0.29) is 5.82 Å². The summed E-state index contributed by atoms with van der Waals surface area (Å²) in [4.78, 5) is 2.20. The zero-order valence-electron chi connectivity index (χ0n) is 10.4. The molecule has 2 N–H and O–H groups in total. The van der Waals surface area contributed by atoms with Crippen LogP contribution in [0, 0.1) is 5.82 Å². The van der Waals surface area contributed by atoms with Crippen LogP contribution >= 0.6 is 11.3 Å². The number of halogens is 1. The lowest BCUT2D eigenvalue weighted by Gasteiger charge is -2.18. The molecule has 0 saturated carbocycles. The minimum atomic E-state index is -0.223. The molecule has 18 heavy (non-hydrogen) atoms. The summed E-state index contributed by atoms with van der Waals surface area (Å²) in [5.74, 6) is -0.223. The van der Waals surface area contributed by atoms with Gasteiger partial charge in [0.25, 0.3) is 0 Å². The smallest absolute Gasteiger partial charge is 0.123 e. The highest BCUT2D eigenvalue weighted by Gasteiger charge is 2.07. The molecule has 1 aromatic heterocycles. The Balaban J connectivity index is 2.04. The highest BCUT2D eigenvalue weighted by molar-refractivity contribution is 7.07. The Hall–Kier alpha value is -1.23. The number of hydrogen-bond donors (Lipinski definition) is 1. The van der Waals surface area contributed by atoms with Crippen LogP contribution in [0.1, 0.15) is 16.7 Å². The molecule has 1 aromatic carbocycles. The fourth-order valence-corrected chi connectivity index (χ4v) is 2.64. The summed E-state index contributed by atoms with van der Waals surface area (Å²) in [5.41, 5.74) is 8.93. The van der Waals surface area contributed by atoms with Crippen LogP contribution in [0.3, 0.4) is 0 Å². The predicted octanol–water partition coefficient (Wildman–Crippen LogP) is 2.98.